The molecule has 1 aliphatic carbocycles. The molecule has 0 aromatic carbocycles. The molecule has 0 heterocycles. The lowest BCUT2D eigenvalue weighted by Gasteiger charge is -2.17. The van der Waals surface area contributed by atoms with Crippen LogP contribution in [0.1, 0.15) is 6.42 Å². The van der Waals surface area contributed by atoms with Gasteiger partial charge in [-0.1, -0.05) is 24.3 Å². The van der Waals surface area contributed by atoms with Gasteiger partial charge in [0.2, 0.25) is 0 Å². The van der Waals surface area contributed by atoms with E-state index in [-0.39, 0.29) is 12.0 Å². The molecule has 0 saturated heterocycles. The molecule has 0 fully saturated rings. The van der Waals surface area contributed by atoms with Gasteiger partial charge in [0.15, 0.2) is 0 Å². The number of rotatable bonds is 2. The second kappa shape index (κ2) is 3.54. The van der Waals surface area contributed by atoms with Crippen molar-refractivity contribution in [1.82, 2.24) is 0 Å². The molecule has 0 saturated carbocycles. The fourth-order valence-corrected chi connectivity index (χ4v) is 1.06. The summed E-state index contributed by atoms with van der Waals surface area (Å²) in [6.07, 6.45) is 8.52. The Morgan fingerprint density at radius 3 is 2.90 bits per heavy atom. The van der Waals surface area contributed by atoms with E-state index in [4.69, 9.17) is 5.73 Å². The topological polar surface area (TPSA) is 46.2 Å². The lowest BCUT2D eigenvalue weighted by molar-refractivity contribution is 0.138. The summed E-state index contributed by atoms with van der Waals surface area (Å²) in [5.74, 6) is 0.231. The van der Waals surface area contributed by atoms with Gasteiger partial charge < -0.3 is 10.8 Å². The minimum Gasteiger partial charge on any atom is -0.391 e. The van der Waals surface area contributed by atoms with Crippen molar-refractivity contribution in [3.05, 3.63) is 24.3 Å². The zero-order valence-electron chi connectivity index (χ0n) is 5.90. The summed E-state index contributed by atoms with van der Waals surface area (Å²) in [5, 5.41) is 9.27. The van der Waals surface area contributed by atoms with Crippen molar-refractivity contribution in [2.24, 2.45) is 11.7 Å². The Bertz CT molecular complexity index is 151. The average Bonchev–Trinajstić information content (AvgIpc) is 2.05. The molecule has 2 atom stereocenters. The first-order chi connectivity index (χ1) is 4.84. The summed E-state index contributed by atoms with van der Waals surface area (Å²) in [6.45, 7) is 0.350. The molecular formula is C8H13NO. The van der Waals surface area contributed by atoms with Crippen LogP contribution >= 0.6 is 0 Å². The van der Waals surface area contributed by atoms with Crippen molar-refractivity contribution < 1.29 is 5.11 Å². The predicted molar refractivity (Wildman–Crippen MR) is 41.4 cm³/mol. The summed E-state index contributed by atoms with van der Waals surface area (Å²) in [4.78, 5) is 0. The van der Waals surface area contributed by atoms with Crippen LogP contribution in [0.5, 0.6) is 0 Å². The normalized spacial score (nSPS) is 26.8. The number of nitrogens with two attached hydrogens (primary N) is 1. The number of allylic oxidation sites excluding steroid dienone is 3. The maximum Gasteiger partial charge on any atom is 0.0727 e. The molecule has 2 nitrogen and oxygen atoms in total. The highest BCUT2D eigenvalue weighted by atomic mass is 16.3. The Morgan fingerprint density at radius 1 is 1.60 bits per heavy atom. The lowest BCUT2D eigenvalue weighted by Crippen LogP contribution is -2.27. The van der Waals surface area contributed by atoms with E-state index < -0.39 is 0 Å². The van der Waals surface area contributed by atoms with Gasteiger partial charge in [-0.25, -0.2) is 0 Å². The first-order valence-corrected chi connectivity index (χ1v) is 3.56. The van der Waals surface area contributed by atoms with E-state index in [0.717, 1.165) is 6.42 Å². The number of hydrogen-bond acceptors (Lipinski definition) is 2. The molecule has 0 radical (unpaired) electrons. The zero-order chi connectivity index (χ0) is 7.40. The summed E-state index contributed by atoms with van der Waals surface area (Å²) in [7, 11) is 0. The summed E-state index contributed by atoms with van der Waals surface area (Å²) >= 11 is 0. The molecule has 1 rings (SSSR count). The zero-order valence-corrected chi connectivity index (χ0v) is 5.90. The third-order valence-corrected chi connectivity index (χ3v) is 1.75. The SMILES string of the molecule is NC[C@H](O)C1C=CC=CC1. The van der Waals surface area contributed by atoms with Crippen LogP contribution in [0.4, 0.5) is 0 Å². The predicted octanol–water partition coefficient (Wildman–Crippen LogP) is 0.438. The van der Waals surface area contributed by atoms with E-state index in [9.17, 15) is 5.11 Å². The third-order valence-electron chi connectivity index (χ3n) is 1.75. The van der Waals surface area contributed by atoms with E-state index in [1.807, 2.05) is 24.3 Å². The second-order valence-corrected chi connectivity index (χ2v) is 2.52. The van der Waals surface area contributed by atoms with E-state index in [2.05, 4.69) is 0 Å². The van der Waals surface area contributed by atoms with Crippen molar-refractivity contribution in [2.75, 3.05) is 6.54 Å². The van der Waals surface area contributed by atoms with Gasteiger partial charge in [-0.05, 0) is 6.42 Å². The molecule has 0 bridgehead atoms. The van der Waals surface area contributed by atoms with Crippen molar-refractivity contribution >= 4 is 0 Å². The third kappa shape index (κ3) is 1.69. The molecule has 0 amide bonds. The van der Waals surface area contributed by atoms with E-state index in [1.54, 1.807) is 0 Å². The van der Waals surface area contributed by atoms with Gasteiger partial charge in [0.05, 0.1) is 6.10 Å². The van der Waals surface area contributed by atoms with Crippen molar-refractivity contribution in [2.45, 2.75) is 12.5 Å². The Morgan fingerprint density at radius 2 is 2.40 bits per heavy atom. The van der Waals surface area contributed by atoms with Crippen LogP contribution in [0.3, 0.4) is 0 Å². The molecule has 1 aliphatic rings. The highest BCUT2D eigenvalue weighted by Crippen LogP contribution is 2.14. The fraction of sp³-hybridized carbons (Fsp3) is 0.500. The van der Waals surface area contributed by atoms with Crippen LogP contribution in [-0.2, 0) is 0 Å². The second-order valence-electron chi connectivity index (χ2n) is 2.52. The van der Waals surface area contributed by atoms with Crippen LogP contribution in [0, 0.1) is 5.92 Å². The molecule has 0 aliphatic heterocycles. The monoisotopic (exact) mass is 139 g/mol. The van der Waals surface area contributed by atoms with Gasteiger partial charge in [0.1, 0.15) is 0 Å². The molecule has 56 valence electrons. The van der Waals surface area contributed by atoms with Crippen LogP contribution < -0.4 is 5.73 Å². The summed E-state index contributed by atoms with van der Waals surface area (Å²) in [6, 6.07) is 0. The average molecular weight is 139 g/mol. The minimum absolute atomic E-state index is 0.231. The first-order valence-electron chi connectivity index (χ1n) is 3.56. The Hall–Kier alpha value is -0.600. The molecule has 0 aromatic heterocycles. The Kier molecular flexibility index (Phi) is 2.66. The minimum atomic E-state index is -0.374. The quantitative estimate of drug-likeness (QED) is 0.583. The molecule has 1 unspecified atom stereocenters. The molecule has 10 heavy (non-hydrogen) atoms. The van der Waals surface area contributed by atoms with Crippen LogP contribution in [0.25, 0.3) is 0 Å². The van der Waals surface area contributed by atoms with E-state index in [1.165, 1.54) is 0 Å². The van der Waals surface area contributed by atoms with Gasteiger partial charge in [0.25, 0.3) is 0 Å². The van der Waals surface area contributed by atoms with Crippen molar-refractivity contribution in [3.63, 3.8) is 0 Å². The molecule has 0 spiro atoms. The van der Waals surface area contributed by atoms with Gasteiger partial charge in [0, 0.05) is 12.5 Å². The maximum absolute atomic E-state index is 9.27. The van der Waals surface area contributed by atoms with Crippen molar-refractivity contribution in [1.29, 1.82) is 0 Å². The number of aliphatic hydroxyl groups is 1. The van der Waals surface area contributed by atoms with Crippen LogP contribution in [-0.4, -0.2) is 17.8 Å². The maximum atomic E-state index is 9.27. The van der Waals surface area contributed by atoms with Gasteiger partial charge >= 0.3 is 0 Å². The summed E-state index contributed by atoms with van der Waals surface area (Å²) < 4.78 is 0. The highest BCUT2D eigenvalue weighted by molar-refractivity contribution is 5.12. The number of hydrogen-bond donors (Lipinski definition) is 2. The first kappa shape index (κ1) is 7.51. The van der Waals surface area contributed by atoms with Crippen molar-refractivity contribution in [3.8, 4) is 0 Å². The molecule has 0 aromatic rings. The van der Waals surface area contributed by atoms with E-state index >= 15 is 0 Å². The molecule has 2 heteroatoms. The highest BCUT2D eigenvalue weighted by Gasteiger charge is 2.13. The standard InChI is InChI=1S/C8H13NO/c9-6-8(10)7-4-2-1-3-5-7/h1-4,7-8,10H,5-6,9H2/t7?,8-/m0/s1. The Balaban J connectivity index is 2.42. The van der Waals surface area contributed by atoms with Gasteiger partial charge in [-0.2, -0.15) is 0 Å². The smallest absolute Gasteiger partial charge is 0.0727 e. The molecule has 3 N–H and O–H groups in total. The largest absolute Gasteiger partial charge is 0.391 e. The number of aliphatic hydroxyl groups excluding tert-OH is 1. The fourth-order valence-electron chi connectivity index (χ4n) is 1.06. The van der Waals surface area contributed by atoms with Crippen LogP contribution in [0.2, 0.25) is 0 Å². The lowest BCUT2D eigenvalue weighted by atomic mass is 9.95. The van der Waals surface area contributed by atoms with Gasteiger partial charge in [-0.3, -0.25) is 0 Å². The van der Waals surface area contributed by atoms with E-state index in [0.29, 0.717) is 6.54 Å². The summed E-state index contributed by atoms with van der Waals surface area (Å²) in [5.41, 5.74) is 5.29. The van der Waals surface area contributed by atoms with Crippen LogP contribution in [0.15, 0.2) is 24.3 Å². The Labute approximate surface area is 61.0 Å². The molecular weight excluding hydrogens is 126 g/mol. The van der Waals surface area contributed by atoms with Gasteiger partial charge in [-0.15, -0.1) is 0 Å².